The maximum atomic E-state index is 11.9. The highest BCUT2D eigenvalue weighted by Crippen LogP contribution is 2.24. The van der Waals surface area contributed by atoms with E-state index >= 15 is 0 Å². The summed E-state index contributed by atoms with van der Waals surface area (Å²) in [4.78, 5) is 20.4. The van der Waals surface area contributed by atoms with Crippen molar-refractivity contribution in [1.29, 1.82) is 0 Å². The van der Waals surface area contributed by atoms with Crippen LogP contribution in [-0.4, -0.2) is 68.5 Å². The highest BCUT2D eigenvalue weighted by molar-refractivity contribution is 5.84. The lowest BCUT2D eigenvalue weighted by Gasteiger charge is -2.29. The number of nitrogens with zero attached hydrogens (tertiary/aromatic N) is 3. The molecule has 1 saturated heterocycles. The fourth-order valence-electron chi connectivity index (χ4n) is 3.08. The van der Waals surface area contributed by atoms with Gasteiger partial charge in [-0.05, 0) is 38.4 Å². The normalized spacial score (nSPS) is 16.0. The molecule has 2 rings (SSSR count). The Kier molecular flexibility index (Phi) is 8.33. The summed E-state index contributed by atoms with van der Waals surface area (Å²) in [6.45, 7) is 9.62. The van der Waals surface area contributed by atoms with Gasteiger partial charge in [-0.2, -0.15) is 0 Å². The van der Waals surface area contributed by atoms with Crippen molar-refractivity contribution in [3.05, 3.63) is 48.0 Å². The molecule has 0 spiro atoms. The smallest absolute Gasteiger partial charge is 0.243 e. The second-order valence-corrected chi connectivity index (χ2v) is 7.31. The maximum Gasteiger partial charge on any atom is 0.243 e. The minimum absolute atomic E-state index is 0.0226. The summed E-state index contributed by atoms with van der Waals surface area (Å²) in [5.74, 6) is 0.624. The Labute approximate surface area is 163 Å². The highest BCUT2D eigenvalue weighted by Gasteiger charge is 2.23. The summed E-state index contributed by atoms with van der Waals surface area (Å²) in [5.41, 5.74) is 2.32. The predicted octanol–water partition coefficient (Wildman–Crippen LogP) is 2.02. The van der Waals surface area contributed by atoms with E-state index in [9.17, 15) is 4.79 Å². The van der Waals surface area contributed by atoms with Gasteiger partial charge in [-0.25, -0.2) is 4.99 Å². The van der Waals surface area contributed by atoms with Crippen molar-refractivity contribution in [2.45, 2.75) is 25.8 Å². The highest BCUT2D eigenvalue weighted by atomic mass is 16.2. The fraction of sp³-hybridized carbons (Fsp3) is 0.524. The van der Waals surface area contributed by atoms with E-state index < -0.39 is 0 Å². The third-order valence-corrected chi connectivity index (χ3v) is 4.66. The van der Waals surface area contributed by atoms with Crippen LogP contribution in [0.15, 0.2) is 47.5 Å². The van der Waals surface area contributed by atoms with Gasteiger partial charge < -0.3 is 15.5 Å². The van der Waals surface area contributed by atoms with E-state index in [-0.39, 0.29) is 18.5 Å². The van der Waals surface area contributed by atoms with Gasteiger partial charge in [-0.15, -0.1) is 0 Å². The lowest BCUT2D eigenvalue weighted by atomic mass is 10.1. The molecular formula is C21H33N5O. The SMILES string of the molecule is C=C(C)CNC(=NCC(=O)N(C)C)NCC(c1ccccc1)N1CCCC1. The molecule has 6 heteroatoms. The Balaban J connectivity index is 2.07. The van der Waals surface area contributed by atoms with Crippen LogP contribution in [0.1, 0.15) is 31.4 Å². The number of benzene rings is 1. The Hall–Kier alpha value is -2.34. The monoisotopic (exact) mass is 371 g/mol. The van der Waals surface area contributed by atoms with E-state index in [4.69, 9.17) is 0 Å². The molecule has 148 valence electrons. The fourth-order valence-corrected chi connectivity index (χ4v) is 3.08. The number of carbonyl (C=O) groups is 1. The standard InChI is InChI=1S/C21H33N5O/c1-17(2)14-22-21(24-16-20(27)25(3)4)23-15-19(26-12-8-9-13-26)18-10-6-5-7-11-18/h5-7,10-11,19H,1,8-9,12-16H2,2-4H3,(H2,22,23,24). The van der Waals surface area contributed by atoms with Crippen molar-refractivity contribution in [2.75, 3.05) is 46.8 Å². The molecule has 1 aliphatic rings. The molecule has 1 unspecified atom stereocenters. The third-order valence-electron chi connectivity index (χ3n) is 4.66. The van der Waals surface area contributed by atoms with E-state index in [1.54, 1.807) is 19.0 Å². The molecule has 1 aromatic carbocycles. The second-order valence-electron chi connectivity index (χ2n) is 7.31. The molecule has 1 amide bonds. The molecule has 1 aromatic rings. The third kappa shape index (κ3) is 7.06. The van der Waals surface area contributed by atoms with Crippen molar-refractivity contribution in [3.8, 4) is 0 Å². The van der Waals surface area contributed by atoms with Crippen LogP contribution in [0.25, 0.3) is 0 Å². The van der Waals surface area contributed by atoms with Gasteiger partial charge >= 0.3 is 0 Å². The number of amides is 1. The molecule has 27 heavy (non-hydrogen) atoms. The van der Waals surface area contributed by atoms with Gasteiger partial charge in [0.25, 0.3) is 0 Å². The number of rotatable bonds is 8. The van der Waals surface area contributed by atoms with E-state index in [1.807, 2.05) is 13.0 Å². The first-order chi connectivity index (χ1) is 13.0. The molecule has 1 heterocycles. The summed E-state index contributed by atoms with van der Waals surface area (Å²) in [6.07, 6.45) is 2.49. The second kappa shape index (κ2) is 10.7. The zero-order valence-electron chi connectivity index (χ0n) is 16.9. The number of hydrogen-bond donors (Lipinski definition) is 2. The van der Waals surface area contributed by atoms with Crippen LogP contribution in [0, 0.1) is 0 Å². The van der Waals surface area contributed by atoms with E-state index in [2.05, 4.69) is 51.4 Å². The molecule has 2 N–H and O–H groups in total. The van der Waals surface area contributed by atoms with Gasteiger partial charge in [0, 0.05) is 27.2 Å². The summed E-state index contributed by atoms with van der Waals surface area (Å²) in [6, 6.07) is 10.9. The van der Waals surface area contributed by atoms with Crippen molar-refractivity contribution in [2.24, 2.45) is 4.99 Å². The van der Waals surface area contributed by atoms with Crippen LogP contribution in [0.3, 0.4) is 0 Å². The number of likely N-dealkylation sites (tertiary alicyclic amines) is 1. The summed E-state index contributed by atoms with van der Waals surface area (Å²) in [7, 11) is 3.48. The van der Waals surface area contributed by atoms with Crippen molar-refractivity contribution in [1.82, 2.24) is 20.4 Å². The lowest BCUT2D eigenvalue weighted by molar-refractivity contribution is -0.127. The Morgan fingerprint density at radius 2 is 1.89 bits per heavy atom. The maximum absolute atomic E-state index is 11.9. The summed E-state index contributed by atoms with van der Waals surface area (Å²) >= 11 is 0. The van der Waals surface area contributed by atoms with E-state index in [0.717, 1.165) is 25.2 Å². The Morgan fingerprint density at radius 1 is 1.22 bits per heavy atom. The number of hydrogen-bond acceptors (Lipinski definition) is 3. The van der Waals surface area contributed by atoms with Crippen LogP contribution < -0.4 is 10.6 Å². The predicted molar refractivity (Wildman–Crippen MR) is 112 cm³/mol. The minimum Gasteiger partial charge on any atom is -0.354 e. The van der Waals surface area contributed by atoms with Crippen LogP contribution in [0.5, 0.6) is 0 Å². The number of nitrogens with one attached hydrogen (secondary N) is 2. The number of likely N-dealkylation sites (N-methyl/N-ethyl adjacent to an activating group) is 1. The van der Waals surface area contributed by atoms with Crippen LogP contribution in [-0.2, 0) is 4.79 Å². The van der Waals surface area contributed by atoms with Gasteiger partial charge in [-0.3, -0.25) is 9.69 Å². The molecule has 0 bridgehead atoms. The van der Waals surface area contributed by atoms with Crippen molar-refractivity contribution < 1.29 is 4.79 Å². The Morgan fingerprint density at radius 3 is 2.48 bits per heavy atom. The van der Waals surface area contributed by atoms with Crippen LogP contribution in [0.2, 0.25) is 0 Å². The quantitative estimate of drug-likeness (QED) is 0.417. The molecular weight excluding hydrogens is 338 g/mol. The van der Waals surface area contributed by atoms with Gasteiger partial charge in [0.05, 0.1) is 6.04 Å². The molecule has 1 fully saturated rings. The van der Waals surface area contributed by atoms with Crippen LogP contribution >= 0.6 is 0 Å². The number of carbonyl (C=O) groups excluding carboxylic acids is 1. The Bertz CT molecular complexity index is 635. The molecule has 1 atom stereocenters. The molecule has 0 aliphatic carbocycles. The molecule has 0 radical (unpaired) electrons. The average molecular weight is 372 g/mol. The minimum atomic E-state index is -0.0226. The molecule has 0 saturated carbocycles. The van der Waals surface area contributed by atoms with Gasteiger partial charge in [0.15, 0.2) is 5.96 Å². The van der Waals surface area contributed by atoms with Crippen LogP contribution in [0.4, 0.5) is 0 Å². The van der Waals surface area contributed by atoms with Crippen molar-refractivity contribution in [3.63, 3.8) is 0 Å². The molecule has 6 nitrogen and oxygen atoms in total. The number of guanidine groups is 1. The van der Waals surface area contributed by atoms with Crippen molar-refractivity contribution >= 4 is 11.9 Å². The first-order valence-electron chi connectivity index (χ1n) is 9.63. The van der Waals surface area contributed by atoms with Gasteiger partial charge in [0.1, 0.15) is 6.54 Å². The van der Waals surface area contributed by atoms with E-state index in [0.29, 0.717) is 12.5 Å². The van der Waals surface area contributed by atoms with Gasteiger partial charge in [0.2, 0.25) is 5.91 Å². The summed E-state index contributed by atoms with van der Waals surface area (Å²) < 4.78 is 0. The van der Waals surface area contributed by atoms with E-state index in [1.165, 1.54) is 18.4 Å². The zero-order chi connectivity index (χ0) is 19.6. The molecule has 1 aliphatic heterocycles. The van der Waals surface area contributed by atoms with Gasteiger partial charge in [-0.1, -0.05) is 42.5 Å². The first kappa shape index (κ1) is 21.0. The topological polar surface area (TPSA) is 60.0 Å². The lowest BCUT2D eigenvalue weighted by Crippen LogP contribution is -2.43. The molecule has 0 aromatic heterocycles. The first-order valence-corrected chi connectivity index (χ1v) is 9.63. The largest absolute Gasteiger partial charge is 0.354 e. The number of aliphatic imine (C=N–C) groups is 1. The average Bonchev–Trinajstić information content (AvgIpc) is 3.18. The zero-order valence-corrected chi connectivity index (χ0v) is 16.9. The summed E-state index contributed by atoms with van der Waals surface area (Å²) in [5, 5.41) is 6.69.